The summed E-state index contributed by atoms with van der Waals surface area (Å²) in [6.07, 6.45) is -3.48. The van der Waals surface area contributed by atoms with Crippen LogP contribution in [0.4, 0.5) is 29.3 Å². The molecule has 3 rings (SSSR count). The van der Waals surface area contributed by atoms with E-state index in [1.54, 1.807) is 0 Å². The van der Waals surface area contributed by atoms with Gasteiger partial charge in [-0.15, -0.1) is 0 Å². The molecule has 1 heterocycles. The van der Waals surface area contributed by atoms with Crippen molar-refractivity contribution in [3.8, 4) is 0 Å². The maximum Gasteiger partial charge on any atom is 0.416 e. The van der Waals surface area contributed by atoms with Gasteiger partial charge in [-0.3, -0.25) is 0 Å². The summed E-state index contributed by atoms with van der Waals surface area (Å²) in [4.78, 5) is 14.8. The second kappa shape index (κ2) is 8.12. The molecule has 2 aromatic carbocycles. The van der Waals surface area contributed by atoms with Crippen LogP contribution in [0.1, 0.15) is 18.4 Å². The maximum absolute atomic E-state index is 13.2. The normalized spacial score (nSPS) is 13.0. The Labute approximate surface area is 159 Å². The molecule has 4 nitrogen and oxygen atoms in total. The smallest absolute Gasteiger partial charge is 0.416 e. The fourth-order valence-electron chi connectivity index (χ4n) is 2.90. The molecule has 0 saturated heterocycles. The van der Waals surface area contributed by atoms with Crippen molar-refractivity contribution in [2.75, 3.05) is 25.1 Å². The number of alkyl halides is 3. The third-order valence-electron chi connectivity index (χ3n) is 4.22. The highest BCUT2D eigenvalue weighted by molar-refractivity contribution is 7.99. The zero-order valence-electron chi connectivity index (χ0n) is 14.7. The monoisotopic (exact) mass is 396 g/mol. The number of carbonyl (C=O) groups excluding carboxylic acids is 1. The number of methoxy groups -OCH3 is 1. The van der Waals surface area contributed by atoms with Crippen molar-refractivity contribution in [1.29, 1.82) is 0 Å². The van der Waals surface area contributed by atoms with Gasteiger partial charge >= 0.3 is 12.3 Å². The minimum atomic E-state index is -4.38. The van der Waals surface area contributed by atoms with Crippen molar-refractivity contribution in [3.63, 3.8) is 0 Å². The number of anilines is 2. The van der Waals surface area contributed by atoms with E-state index < -0.39 is 17.8 Å². The first-order valence-corrected chi connectivity index (χ1v) is 9.29. The fourth-order valence-corrected chi connectivity index (χ4v) is 3.98. The van der Waals surface area contributed by atoms with Gasteiger partial charge in [0.1, 0.15) is 0 Å². The summed E-state index contributed by atoms with van der Waals surface area (Å²) in [7, 11) is 1.30. The number of amides is 1. The zero-order chi connectivity index (χ0) is 19.4. The number of hydrogen-bond acceptors (Lipinski definition) is 4. The lowest BCUT2D eigenvalue weighted by molar-refractivity contribution is -0.137. The molecule has 144 valence electrons. The van der Waals surface area contributed by atoms with Gasteiger partial charge in [-0.2, -0.15) is 13.2 Å². The number of para-hydroxylation sites is 1. The molecule has 0 aromatic heterocycles. The number of carbonyl (C=O) groups is 1. The quantitative estimate of drug-likeness (QED) is 0.683. The summed E-state index contributed by atoms with van der Waals surface area (Å²) in [5.74, 6) is 0. The van der Waals surface area contributed by atoms with E-state index >= 15 is 0 Å². The number of fused-ring (bicyclic) bond motifs is 2. The Bertz CT molecular complexity index is 827. The predicted octanol–water partition coefficient (Wildman–Crippen LogP) is 5.44. The van der Waals surface area contributed by atoms with Gasteiger partial charge in [-0.1, -0.05) is 23.9 Å². The van der Waals surface area contributed by atoms with Gasteiger partial charge in [0.25, 0.3) is 0 Å². The molecule has 2 aromatic rings. The average molecular weight is 396 g/mol. The highest BCUT2D eigenvalue weighted by atomic mass is 32.2. The molecule has 0 unspecified atom stereocenters. The molecule has 1 aliphatic heterocycles. The van der Waals surface area contributed by atoms with Crippen LogP contribution in [0.15, 0.2) is 52.3 Å². The molecule has 0 fully saturated rings. The Kier molecular flexibility index (Phi) is 5.84. The molecular weight excluding hydrogens is 377 g/mol. The van der Waals surface area contributed by atoms with Crippen LogP contribution in [0.2, 0.25) is 0 Å². The molecule has 27 heavy (non-hydrogen) atoms. The summed E-state index contributed by atoms with van der Waals surface area (Å²) in [5.41, 5.74) is 0.809. The third kappa shape index (κ3) is 4.50. The van der Waals surface area contributed by atoms with Gasteiger partial charge in [0, 0.05) is 22.9 Å². The summed E-state index contributed by atoms with van der Waals surface area (Å²) in [6.45, 7) is 1.00. The van der Waals surface area contributed by atoms with Crippen LogP contribution in [0, 0.1) is 0 Å². The van der Waals surface area contributed by atoms with E-state index in [1.807, 2.05) is 29.2 Å². The lowest BCUT2D eigenvalue weighted by Crippen LogP contribution is -2.26. The Morgan fingerprint density at radius 3 is 2.59 bits per heavy atom. The lowest BCUT2D eigenvalue weighted by atomic mass is 10.1. The minimum Gasteiger partial charge on any atom is -0.453 e. The Morgan fingerprint density at radius 2 is 1.85 bits per heavy atom. The van der Waals surface area contributed by atoms with Crippen LogP contribution < -0.4 is 10.2 Å². The van der Waals surface area contributed by atoms with Gasteiger partial charge < -0.3 is 15.0 Å². The van der Waals surface area contributed by atoms with E-state index in [4.69, 9.17) is 0 Å². The molecule has 0 saturated carbocycles. The first-order valence-electron chi connectivity index (χ1n) is 8.47. The molecule has 0 atom stereocenters. The average Bonchev–Trinajstić information content (AvgIpc) is 2.65. The Morgan fingerprint density at radius 1 is 1.11 bits per heavy atom. The summed E-state index contributed by atoms with van der Waals surface area (Å²) in [6, 6.07) is 11.5. The molecule has 1 N–H and O–H groups in total. The second-order valence-corrected chi connectivity index (χ2v) is 7.11. The Hall–Kier alpha value is -2.35. The van der Waals surface area contributed by atoms with E-state index in [-0.39, 0.29) is 0 Å². The summed E-state index contributed by atoms with van der Waals surface area (Å²) < 4.78 is 44.0. The molecule has 8 heteroatoms. The second-order valence-electron chi connectivity index (χ2n) is 6.03. The van der Waals surface area contributed by atoms with Gasteiger partial charge in [-0.05, 0) is 43.2 Å². The van der Waals surface area contributed by atoms with Crippen molar-refractivity contribution < 1.29 is 22.7 Å². The standard InChI is InChI=1S/C19H19F3N2O2S/c1-26-18(25)23-10-4-5-11-24-14-6-2-3-7-16(14)27-17-9-8-13(12-15(17)24)19(20,21)22/h2-3,6-9,12H,4-5,10-11H2,1H3,(H,23,25). The van der Waals surface area contributed by atoms with Crippen LogP contribution in [0.5, 0.6) is 0 Å². The number of unbranched alkanes of at least 4 members (excludes halogenated alkanes) is 1. The van der Waals surface area contributed by atoms with Crippen molar-refractivity contribution in [3.05, 3.63) is 48.0 Å². The van der Waals surface area contributed by atoms with Crippen LogP contribution in [-0.4, -0.2) is 26.3 Å². The number of alkyl carbamates (subject to hydrolysis) is 1. The first kappa shape index (κ1) is 19.4. The maximum atomic E-state index is 13.2. The number of nitrogens with zero attached hydrogens (tertiary/aromatic N) is 1. The molecule has 0 radical (unpaired) electrons. The highest BCUT2D eigenvalue weighted by Gasteiger charge is 2.33. The first-order chi connectivity index (χ1) is 12.9. The number of rotatable bonds is 5. The molecular formula is C19H19F3N2O2S. The molecule has 1 aliphatic rings. The van der Waals surface area contributed by atoms with Crippen LogP contribution >= 0.6 is 11.8 Å². The van der Waals surface area contributed by atoms with Crippen molar-refractivity contribution in [2.24, 2.45) is 0 Å². The van der Waals surface area contributed by atoms with E-state index in [2.05, 4.69) is 10.1 Å². The topological polar surface area (TPSA) is 41.6 Å². The predicted molar refractivity (Wildman–Crippen MR) is 98.7 cm³/mol. The zero-order valence-corrected chi connectivity index (χ0v) is 15.5. The molecule has 0 spiro atoms. The molecule has 0 aliphatic carbocycles. The van der Waals surface area contributed by atoms with Crippen molar-refractivity contribution in [1.82, 2.24) is 5.32 Å². The third-order valence-corrected chi connectivity index (χ3v) is 5.35. The number of benzene rings is 2. The van der Waals surface area contributed by atoms with E-state index in [0.717, 1.165) is 21.5 Å². The van der Waals surface area contributed by atoms with Gasteiger partial charge in [0.2, 0.25) is 0 Å². The van der Waals surface area contributed by atoms with E-state index in [1.165, 1.54) is 31.0 Å². The van der Waals surface area contributed by atoms with Crippen LogP contribution in [-0.2, 0) is 10.9 Å². The van der Waals surface area contributed by atoms with E-state index in [9.17, 15) is 18.0 Å². The van der Waals surface area contributed by atoms with Crippen LogP contribution in [0.25, 0.3) is 0 Å². The number of ether oxygens (including phenoxy) is 1. The SMILES string of the molecule is COC(=O)NCCCCN1c2ccccc2Sc2ccc(C(F)(F)F)cc21. The number of halogens is 3. The number of nitrogens with one attached hydrogen (secondary N) is 1. The fraction of sp³-hybridized carbons (Fsp3) is 0.316. The van der Waals surface area contributed by atoms with Gasteiger partial charge in [-0.25, -0.2) is 4.79 Å². The van der Waals surface area contributed by atoms with Crippen molar-refractivity contribution >= 4 is 29.2 Å². The minimum absolute atomic E-state index is 0.451. The Balaban J connectivity index is 1.80. The van der Waals surface area contributed by atoms with Gasteiger partial charge in [0.15, 0.2) is 0 Å². The summed E-state index contributed by atoms with van der Waals surface area (Å²) >= 11 is 1.47. The summed E-state index contributed by atoms with van der Waals surface area (Å²) in [5, 5.41) is 2.60. The van der Waals surface area contributed by atoms with Crippen molar-refractivity contribution in [2.45, 2.75) is 28.8 Å². The highest BCUT2D eigenvalue weighted by Crippen LogP contribution is 2.49. The van der Waals surface area contributed by atoms with Crippen LogP contribution in [0.3, 0.4) is 0 Å². The molecule has 0 bridgehead atoms. The lowest BCUT2D eigenvalue weighted by Gasteiger charge is -2.33. The van der Waals surface area contributed by atoms with E-state index in [0.29, 0.717) is 31.6 Å². The van der Waals surface area contributed by atoms with Gasteiger partial charge in [0.05, 0.1) is 24.0 Å². The number of hydrogen-bond donors (Lipinski definition) is 1. The molecule has 1 amide bonds. The largest absolute Gasteiger partial charge is 0.453 e.